The molecule has 2 aliphatic heterocycles. The molecule has 1 aromatic rings. The van der Waals surface area contributed by atoms with Crippen molar-refractivity contribution in [2.75, 3.05) is 25.0 Å². The number of piperidine rings is 1. The third kappa shape index (κ3) is 4.95. The Morgan fingerprint density at radius 1 is 1.00 bits per heavy atom. The highest BCUT2D eigenvalue weighted by Crippen LogP contribution is 2.29. The summed E-state index contributed by atoms with van der Waals surface area (Å²) in [6.45, 7) is 3.66. The van der Waals surface area contributed by atoms with Crippen LogP contribution in [0.15, 0.2) is 29.2 Å². The van der Waals surface area contributed by atoms with Gasteiger partial charge in [0, 0.05) is 37.8 Å². The van der Waals surface area contributed by atoms with Crippen LogP contribution in [0.2, 0.25) is 0 Å². The van der Waals surface area contributed by atoms with Crippen molar-refractivity contribution in [3.05, 3.63) is 24.3 Å². The molecule has 4 rings (SSSR count). The highest BCUT2D eigenvalue weighted by molar-refractivity contribution is 7.89. The number of rotatable bonds is 5. The van der Waals surface area contributed by atoms with E-state index in [4.69, 9.17) is 0 Å². The van der Waals surface area contributed by atoms with Crippen LogP contribution in [0.1, 0.15) is 58.3 Å². The lowest BCUT2D eigenvalue weighted by Crippen LogP contribution is -2.39. The zero-order valence-corrected chi connectivity index (χ0v) is 19.1. The molecule has 1 saturated carbocycles. The third-order valence-electron chi connectivity index (χ3n) is 6.92. The van der Waals surface area contributed by atoms with Crippen LogP contribution in [0.3, 0.4) is 0 Å². The Bertz CT molecular complexity index is 909. The van der Waals surface area contributed by atoms with Crippen LogP contribution < -0.4 is 5.32 Å². The Morgan fingerprint density at radius 3 is 2.39 bits per heavy atom. The number of sulfonamides is 1. The van der Waals surface area contributed by atoms with Gasteiger partial charge in [-0.1, -0.05) is 26.2 Å². The second-order valence-electron chi connectivity index (χ2n) is 9.36. The van der Waals surface area contributed by atoms with Crippen LogP contribution in [0, 0.1) is 11.8 Å². The zero-order valence-electron chi connectivity index (χ0n) is 18.3. The summed E-state index contributed by atoms with van der Waals surface area (Å²) in [5.41, 5.74) is 0.555. The molecule has 170 valence electrons. The Kier molecular flexibility index (Phi) is 6.67. The predicted molar refractivity (Wildman–Crippen MR) is 119 cm³/mol. The van der Waals surface area contributed by atoms with Gasteiger partial charge in [-0.3, -0.25) is 9.59 Å². The van der Waals surface area contributed by atoms with E-state index < -0.39 is 10.0 Å². The van der Waals surface area contributed by atoms with Gasteiger partial charge in [0.25, 0.3) is 0 Å². The van der Waals surface area contributed by atoms with Gasteiger partial charge in [-0.15, -0.1) is 0 Å². The maximum absolute atomic E-state index is 12.9. The molecule has 2 atom stereocenters. The van der Waals surface area contributed by atoms with Gasteiger partial charge in [0.2, 0.25) is 21.8 Å². The highest BCUT2D eigenvalue weighted by atomic mass is 32.2. The molecule has 0 radical (unpaired) electrons. The van der Waals surface area contributed by atoms with Crippen molar-refractivity contribution in [2.24, 2.45) is 11.8 Å². The van der Waals surface area contributed by atoms with Crippen molar-refractivity contribution in [1.82, 2.24) is 9.21 Å². The number of nitrogens with one attached hydrogen (secondary N) is 1. The minimum atomic E-state index is -3.51. The fourth-order valence-electron chi connectivity index (χ4n) is 5.12. The number of benzene rings is 1. The van der Waals surface area contributed by atoms with Crippen LogP contribution in [-0.4, -0.2) is 55.1 Å². The molecule has 8 heteroatoms. The SMILES string of the molecule is CC1CCCN(S(=O)(=O)c2ccc(NC(=O)C3CC(=O)N(C4CCCCC4)C3)cc2)C1. The van der Waals surface area contributed by atoms with Gasteiger partial charge < -0.3 is 10.2 Å². The predicted octanol–water partition coefficient (Wildman–Crippen LogP) is 3.23. The monoisotopic (exact) mass is 447 g/mol. The lowest BCUT2D eigenvalue weighted by atomic mass is 9.94. The molecule has 2 amide bonds. The molecule has 3 fully saturated rings. The molecule has 1 aromatic carbocycles. The molecule has 3 aliphatic rings. The Hall–Kier alpha value is -1.93. The lowest BCUT2D eigenvalue weighted by Gasteiger charge is -2.31. The Labute approximate surface area is 185 Å². The van der Waals surface area contributed by atoms with Gasteiger partial charge in [0.1, 0.15) is 0 Å². The van der Waals surface area contributed by atoms with Crippen molar-refractivity contribution in [3.8, 4) is 0 Å². The van der Waals surface area contributed by atoms with Gasteiger partial charge in [0.05, 0.1) is 10.8 Å². The number of amides is 2. The molecule has 1 aliphatic carbocycles. The number of nitrogens with zero attached hydrogens (tertiary/aromatic N) is 2. The van der Waals surface area contributed by atoms with Crippen LogP contribution in [0.25, 0.3) is 0 Å². The summed E-state index contributed by atoms with van der Waals surface area (Å²) in [4.78, 5) is 27.3. The number of hydrogen-bond acceptors (Lipinski definition) is 4. The largest absolute Gasteiger partial charge is 0.339 e. The fourth-order valence-corrected chi connectivity index (χ4v) is 6.72. The summed E-state index contributed by atoms with van der Waals surface area (Å²) < 4.78 is 27.3. The minimum absolute atomic E-state index is 0.0734. The summed E-state index contributed by atoms with van der Waals surface area (Å²) in [6.07, 6.45) is 7.78. The number of anilines is 1. The van der Waals surface area contributed by atoms with Gasteiger partial charge >= 0.3 is 0 Å². The Morgan fingerprint density at radius 2 is 1.71 bits per heavy atom. The first-order valence-corrected chi connectivity index (χ1v) is 13.0. The third-order valence-corrected chi connectivity index (χ3v) is 8.80. The molecule has 1 N–H and O–H groups in total. The van der Waals surface area contributed by atoms with E-state index in [0.29, 0.717) is 31.2 Å². The van der Waals surface area contributed by atoms with Crippen LogP contribution in [0.4, 0.5) is 5.69 Å². The molecule has 7 nitrogen and oxygen atoms in total. The van der Waals surface area contributed by atoms with E-state index in [1.165, 1.54) is 6.42 Å². The van der Waals surface area contributed by atoms with Crippen molar-refractivity contribution >= 4 is 27.5 Å². The summed E-state index contributed by atoms with van der Waals surface area (Å²) in [5.74, 6) is -0.0894. The first-order valence-electron chi connectivity index (χ1n) is 11.5. The van der Waals surface area contributed by atoms with Crippen molar-refractivity contribution in [3.63, 3.8) is 0 Å². The zero-order chi connectivity index (χ0) is 22.0. The van der Waals surface area contributed by atoms with E-state index in [1.807, 2.05) is 4.90 Å². The quantitative estimate of drug-likeness (QED) is 0.751. The summed E-state index contributed by atoms with van der Waals surface area (Å²) in [7, 11) is -3.51. The fraction of sp³-hybridized carbons (Fsp3) is 0.652. The van der Waals surface area contributed by atoms with Crippen LogP contribution in [-0.2, 0) is 19.6 Å². The molecule has 0 bridgehead atoms. The van der Waals surface area contributed by atoms with Gasteiger partial charge in [0.15, 0.2) is 0 Å². The molecule has 31 heavy (non-hydrogen) atoms. The smallest absolute Gasteiger partial charge is 0.243 e. The minimum Gasteiger partial charge on any atom is -0.339 e. The van der Waals surface area contributed by atoms with Crippen LogP contribution >= 0.6 is 0 Å². The topological polar surface area (TPSA) is 86.8 Å². The summed E-state index contributed by atoms with van der Waals surface area (Å²) in [6, 6.07) is 6.65. The summed E-state index contributed by atoms with van der Waals surface area (Å²) in [5, 5.41) is 2.87. The first kappa shape index (κ1) is 22.3. The second kappa shape index (κ2) is 9.28. The molecule has 0 spiro atoms. The van der Waals surface area contributed by atoms with Crippen molar-refractivity contribution in [2.45, 2.75) is 69.2 Å². The standard InChI is InChI=1S/C23H33N3O4S/c1-17-6-5-13-25(15-17)31(29,30)21-11-9-19(10-12-21)24-23(28)18-14-22(27)26(16-18)20-7-3-2-4-8-20/h9-12,17-18,20H,2-8,13-16H2,1H3,(H,24,28). The normalized spacial score (nSPS) is 26.2. The highest BCUT2D eigenvalue weighted by Gasteiger charge is 2.38. The average Bonchev–Trinajstić information content (AvgIpc) is 3.16. The van der Waals surface area contributed by atoms with E-state index >= 15 is 0 Å². The maximum Gasteiger partial charge on any atom is 0.243 e. The number of carbonyl (C=O) groups excluding carboxylic acids is 2. The lowest BCUT2D eigenvalue weighted by molar-refractivity contribution is -0.130. The van der Waals surface area contributed by atoms with E-state index in [2.05, 4.69) is 12.2 Å². The van der Waals surface area contributed by atoms with Crippen LogP contribution in [0.5, 0.6) is 0 Å². The van der Waals surface area contributed by atoms with Crippen molar-refractivity contribution < 1.29 is 18.0 Å². The Balaban J connectivity index is 1.36. The molecular weight excluding hydrogens is 414 g/mol. The van der Waals surface area contributed by atoms with E-state index in [-0.39, 0.29) is 35.1 Å². The van der Waals surface area contributed by atoms with Crippen molar-refractivity contribution in [1.29, 1.82) is 0 Å². The molecule has 2 saturated heterocycles. The van der Waals surface area contributed by atoms with Gasteiger partial charge in [-0.2, -0.15) is 4.31 Å². The second-order valence-corrected chi connectivity index (χ2v) is 11.3. The maximum atomic E-state index is 12.9. The molecule has 0 aromatic heterocycles. The number of carbonyl (C=O) groups is 2. The van der Waals surface area contributed by atoms with Gasteiger partial charge in [-0.25, -0.2) is 8.42 Å². The molecule has 2 unspecified atom stereocenters. The van der Waals surface area contributed by atoms with E-state index in [1.54, 1.807) is 28.6 Å². The first-order chi connectivity index (χ1) is 14.8. The number of likely N-dealkylation sites (tertiary alicyclic amines) is 1. The van der Waals surface area contributed by atoms with E-state index in [9.17, 15) is 18.0 Å². The summed E-state index contributed by atoms with van der Waals surface area (Å²) >= 11 is 0. The molecule has 2 heterocycles. The van der Waals surface area contributed by atoms with E-state index in [0.717, 1.165) is 38.5 Å². The number of hydrogen-bond donors (Lipinski definition) is 1. The van der Waals surface area contributed by atoms with Gasteiger partial charge in [-0.05, 0) is 55.9 Å². The average molecular weight is 448 g/mol. The molecular formula is C23H33N3O4S.